The van der Waals surface area contributed by atoms with E-state index in [1.54, 1.807) is 36.8 Å². The van der Waals surface area contributed by atoms with Crippen LogP contribution in [0.4, 0.5) is 4.39 Å². The summed E-state index contributed by atoms with van der Waals surface area (Å²) in [6.45, 7) is 1.42. The van der Waals surface area contributed by atoms with Gasteiger partial charge >= 0.3 is 0 Å². The molecule has 0 radical (unpaired) electrons. The molecule has 7 heteroatoms. The van der Waals surface area contributed by atoms with Crippen molar-refractivity contribution in [3.8, 4) is 11.5 Å². The van der Waals surface area contributed by atoms with Crippen LogP contribution in [0.3, 0.4) is 0 Å². The molecule has 1 aromatic carbocycles. The molecule has 0 saturated heterocycles. The number of aromatic nitrogens is 1. The van der Waals surface area contributed by atoms with Crippen LogP contribution in [0.25, 0.3) is 11.5 Å². The normalized spacial score (nSPS) is 11.5. The molecule has 5 nitrogen and oxygen atoms in total. The molecule has 0 unspecified atom stereocenters. The molecule has 2 N–H and O–H groups in total. The standard InChI is InChI=1S/C18H19FN4OS/c1-20-18(22-10-13-7-9-25-12-13)21-8-6-16-11-24-17(23-16)14-2-4-15(19)5-3-14/h2-5,7,9,11-12H,6,8,10H2,1H3,(H2,20,21,22). The summed E-state index contributed by atoms with van der Waals surface area (Å²) in [5, 5.41) is 10.7. The fourth-order valence-electron chi connectivity index (χ4n) is 2.26. The summed E-state index contributed by atoms with van der Waals surface area (Å²) < 4.78 is 18.4. The van der Waals surface area contributed by atoms with Gasteiger partial charge in [0.15, 0.2) is 5.96 Å². The highest BCUT2D eigenvalue weighted by molar-refractivity contribution is 7.07. The molecule has 2 aromatic heterocycles. The minimum atomic E-state index is -0.277. The van der Waals surface area contributed by atoms with Crippen LogP contribution in [0.5, 0.6) is 0 Å². The molecule has 130 valence electrons. The molecule has 0 saturated carbocycles. The third-order valence-electron chi connectivity index (χ3n) is 3.58. The van der Waals surface area contributed by atoms with Crippen molar-refractivity contribution in [2.45, 2.75) is 13.0 Å². The molecule has 0 aliphatic heterocycles. The van der Waals surface area contributed by atoms with Gasteiger partial charge in [-0.25, -0.2) is 9.37 Å². The van der Waals surface area contributed by atoms with Gasteiger partial charge in [0, 0.05) is 32.1 Å². The zero-order chi connectivity index (χ0) is 17.5. The Balaban J connectivity index is 1.47. The first kappa shape index (κ1) is 17.2. The molecule has 3 aromatic rings. The van der Waals surface area contributed by atoms with Crippen LogP contribution in [0, 0.1) is 5.82 Å². The van der Waals surface area contributed by atoms with Crippen molar-refractivity contribution >= 4 is 17.3 Å². The largest absolute Gasteiger partial charge is 0.444 e. The first-order chi connectivity index (χ1) is 12.2. The Hall–Kier alpha value is -2.67. The van der Waals surface area contributed by atoms with E-state index in [0.29, 0.717) is 18.9 Å². The highest BCUT2D eigenvalue weighted by Crippen LogP contribution is 2.18. The predicted molar refractivity (Wildman–Crippen MR) is 98.1 cm³/mol. The van der Waals surface area contributed by atoms with Gasteiger partial charge in [-0.2, -0.15) is 11.3 Å². The fraction of sp³-hybridized carbons (Fsp3) is 0.222. The van der Waals surface area contributed by atoms with Crippen molar-refractivity contribution in [3.63, 3.8) is 0 Å². The molecule has 0 bridgehead atoms. The van der Waals surface area contributed by atoms with Crippen molar-refractivity contribution in [2.75, 3.05) is 13.6 Å². The number of benzene rings is 1. The van der Waals surface area contributed by atoms with Crippen LogP contribution in [0.1, 0.15) is 11.3 Å². The van der Waals surface area contributed by atoms with Crippen molar-refractivity contribution < 1.29 is 8.81 Å². The third kappa shape index (κ3) is 4.90. The Morgan fingerprint density at radius 2 is 2.08 bits per heavy atom. The van der Waals surface area contributed by atoms with E-state index in [-0.39, 0.29) is 5.82 Å². The van der Waals surface area contributed by atoms with Gasteiger partial charge in [0.05, 0.1) is 5.69 Å². The molecular weight excluding hydrogens is 339 g/mol. The summed E-state index contributed by atoms with van der Waals surface area (Å²) >= 11 is 1.68. The summed E-state index contributed by atoms with van der Waals surface area (Å²) in [4.78, 5) is 8.63. The average molecular weight is 358 g/mol. The van der Waals surface area contributed by atoms with Gasteiger partial charge in [-0.15, -0.1) is 0 Å². The second-order valence-corrected chi connectivity index (χ2v) is 6.17. The summed E-state index contributed by atoms with van der Waals surface area (Å²) in [6.07, 6.45) is 2.33. The van der Waals surface area contributed by atoms with Crippen molar-refractivity contribution in [1.29, 1.82) is 0 Å². The molecule has 0 aliphatic carbocycles. The van der Waals surface area contributed by atoms with Gasteiger partial charge in [-0.1, -0.05) is 0 Å². The van der Waals surface area contributed by atoms with E-state index < -0.39 is 0 Å². The summed E-state index contributed by atoms with van der Waals surface area (Å²) in [5.74, 6) is 0.962. The number of halogens is 1. The summed E-state index contributed by atoms with van der Waals surface area (Å²) in [7, 11) is 1.74. The first-order valence-electron chi connectivity index (χ1n) is 7.90. The Bertz CT molecular complexity index is 812. The maximum Gasteiger partial charge on any atom is 0.226 e. The first-order valence-corrected chi connectivity index (χ1v) is 8.85. The average Bonchev–Trinajstić information content (AvgIpc) is 3.30. The molecule has 0 fully saturated rings. The zero-order valence-electron chi connectivity index (χ0n) is 13.8. The highest BCUT2D eigenvalue weighted by Gasteiger charge is 2.07. The van der Waals surface area contributed by atoms with Gasteiger partial charge < -0.3 is 15.1 Å². The predicted octanol–water partition coefficient (Wildman–Crippen LogP) is 3.45. The number of hydrogen-bond acceptors (Lipinski definition) is 4. The molecular formula is C18H19FN4OS. The van der Waals surface area contributed by atoms with Gasteiger partial charge in [0.25, 0.3) is 0 Å². The van der Waals surface area contributed by atoms with Crippen LogP contribution >= 0.6 is 11.3 Å². The zero-order valence-corrected chi connectivity index (χ0v) is 14.6. The van der Waals surface area contributed by atoms with Crippen molar-refractivity contribution in [3.05, 3.63) is 64.4 Å². The molecule has 0 spiro atoms. The van der Waals surface area contributed by atoms with E-state index in [0.717, 1.165) is 23.8 Å². The fourth-order valence-corrected chi connectivity index (χ4v) is 2.92. The topological polar surface area (TPSA) is 62.5 Å². The van der Waals surface area contributed by atoms with Crippen molar-refractivity contribution in [2.24, 2.45) is 4.99 Å². The Morgan fingerprint density at radius 1 is 1.24 bits per heavy atom. The number of aliphatic imine (C=N–C) groups is 1. The third-order valence-corrected chi connectivity index (χ3v) is 4.31. The minimum absolute atomic E-state index is 0.277. The van der Waals surface area contributed by atoms with Crippen molar-refractivity contribution in [1.82, 2.24) is 15.6 Å². The molecule has 0 aliphatic rings. The second kappa shape index (κ2) is 8.43. The lowest BCUT2D eigenvalue weighted by atomic mass is 10.2. The van der Waals surface area contributed by atoms with Gasteiger partial charge in [-0.3, -0.25) is 4.99 Å². The molecule has 25 heavy (non-hydrogen) atoms. The van der Waals surface area contributed by atoms with Gasteiger partial charge in [-0.05, 0) is 46.7 Å². The van der Waals surface area contributed by atoms with Crippen LogP contribution in [0.2, 0.25) is 0 Å². The number of rotatable bonds is 6. The van der Waals surface area contributed by atoms with Gasteiger partial charge in [0.2, 0.25) is 5.89 Å². The smallest absolute Gasteiger partial charge is 0.226 e. The van der Waals surface area contributed by atoms with E-state index in [1.165, 1.54) is 17.7 Å². The second-order valence-electron chi connectivity index (χ2n) is 5.39. The Kier molecular flexibility index (Phi) is 5.79. The molecule has 0 atom stereocenters. The van der Waals surface area contributed by atoms with E-state index in [1.807, 2.05) is 0 Å². The maximum absolute atomic E-state index is 13.0. The van der Waals surface area contributed by atoms with E-state index in [4.69, 9.17) is 4.42 Å². The number of hydrogen-bond donors (Lipinski definition) is 2. The van der Waals surface area contributed by atoms with Crippen LogP contribution < -0.4 is 10.6 Å². The van der Waals surface area contributed by atoms with Crippen LogP contribution in [-0.4, -0.2) is 24.5 Å². The lowest BCUT2D eigenvalue weighted by molar-refractivity contribution is 0.571. The van der Waals surface area contributed by atoms with E-state index in [9.17, 15) is 4.39 Å². The van der Waals surface area contributed by atoms with Gasteiger partial charge in [0.1, 0.15) is 12.1 Å². The number of nitrogens with zero attached hydrogens (tertiary/aromatic N) is 2. The maximum atomic E-state index is 13.0. The molecule has 0 amide bonds. The molecule has 3 rings (SSSR count). The number of oxazole rings is 1. The Labute approximate surface area is 149 Å². The lowest BCUT2D eigenvalue weighted by Crippen LogP contribution is -2.37. The molecule has 2 heterocycles. The monoisotopic (exact) mass is 358 g/mol. The van der Waals surface area contributed by atoms with E-state index in [2.05, 4.69) is 37.4 Å². The van der Waals surface area contributed by atoms with E-state index >= 15 is 0 Å². The van der Waals surface area contributed by atoms with Crippen LogP contribution in [-0.2, 0) is 13.0 Å². The number of thiophene rings is 1. The number of nitrogens with one attached hydrogen (secondary N) is 2. The number of guanidine groups is 1. The Morgan fingerprint density at radius 3 is 2.80 bits per heavy atom. The van der Waals surface area contributed by atoms with Crippen LogP contribution in [0.15, 0.2) is 56.8 Å². The highest BCUT2D eigenvalue weighted by atomic mass is 32.1. The lowest BCUT2D eigenvalue weighted by Gasteiger charge is -2.10. The quantitative estimate of drug-likeness (QED) is 0.523. The SMILES string of the molecule is CN=C(NCCc1coc(-c2ccc(F)cc2)n1)NCc1ccsc1. The minimum Gasteiger partial charge on any atom is -0.444 e. The summed E-state index contributed by atoms with van der Waals surface area (Å²) in [5.41, 5.74) is 2.82. The summed E-state index contributed by atoms with van der Waals surface area (Å²) in [6, 6.07) is 8.17.